The summed E-state index contributed by atoms with van der Waals surface area (Å²) in [7, 11) is 0. The molecule has 0 unspecified atom stereocenters. The van der Waals surface area contributed by atoms with Crippen LogP contribution < -0.4 is 19.4 Å². The molecule has 8 aromatic rings. The molecule has 3 heterocycles. The van der Waals surface area contributed by atoms with E-state index in [0.717, 1.165) is 45.5 Å². The van der Waals surface area contributed by atoms with Crippen molar-refractivity contribution in [3.63, 3.8) is 0 Å². The van der Waals surface area contributed by atoms with E-state index in [9.17, 15) is 0 Å². The van der Waals surface area contributed by atoms with Gasteiger partial charge in [0, 0.05) is 35.1 Å². The van der Waals surface area contributed by atoms with Crippen molar-refractivity contribution in [3.8, 4) is 44.9 Å². The van der Waals surface area contributed by atoms with Crippen molar-refractivity contribution in [2.24, 2.45) is 0 Å². The maximum atomic E-state index is 6.92. The van der Waals surface area contributed by atoms with Crippen LogP contribution in [0.3, 0.4) is 0 Å². The highest BCUT2D eigenvalue weighted by Gasteiger charge is 2.36. The topological polar surface area (TPSA) is 31.8 Å². The maximum absolute atomic E-state index is 6.92. The Hall–Kier alpha value is -7.11. The van der Waals surface area contributed by atoms with Crippen LogP contribution in [-0.4, -0.2) is 11.7 Å². The smallest absolute Gasteiger partial charge is 0.137 e. The summed E-state index contributed by atoms with van der Waals surface area (Å²) >= 11 is 0. The number of aromatic nitrogens is 1. The van der Waals surface area contributed by atoms with Crippen molar-refractivity contribution >= 4 is 39.9 Å². The Balaban J connectivity index is 1.05. The molecule has 2 aliphatic heterocycles. The summed E-state index contributed by atoms with van der Waals surface area (Å²) in [4.78, 5) is 12.3. The molecule has 65 heavy (non-hydrogen) atoms. The van der Waals surface area contributed by atoms with Crippen molar-refractivity contribution in [1.29, 1.82) is 0 Å². The summed E-state index contributed by atoms with van der Waals surface area (Å²) in [6.07, 6.45) is 1.94. The van der Waals surface area contributed by atoms with Gasteiger partial charge in [-0.3, -0.25) is 4.90 Å². The van der Waals surface area contributed by atoms with Crippen molar-refractivity contribution in [2.75, 3.05) is 21.4 Å². The number of rotatable bonds is 6. The van der Waals surface area contributed by atoms with E-state index in [4.69, 9.17) is 9.72 Å². The first-order chi connectivity index (χ1) is 31.1. The molecule has 5 heteroatoms. The Labute approximate surface area is 385 Å². The molecule has 2 aliphatic rings. The van der Waals surface area contributed by atoms with E-state index in [0.29, 0.717) is 6.67 Å². The second kappa shape index (κ2) is 15.8. The average Bonchev–Trinajstić information content (AvgIpc) is 3.63. The summed E-state index contributed by atoms with van der Waals surface area (Å²) in [5, 5.41) is 0. The largest absolute Gasteiger partial charge is 0.457 e. The van der Waals surface area contributed by atoms with E-state index in [1.54, 1.807) is 0 Å². The molecule has 0 spiro atoms. The lowest BCUT2D eigenvalue weighted by Gasteiger charge is -2.36. The molecule has 1 aromatic heterocycles. The van der Waals surface area contributed by atoms with E-state index in [-0.39, 0.29) is 16.2 Å². The second-order valence-corrected chi connectivity index (χ2v) is 20.6. The molecule has 0 fully saturated rings. The molecule has 0 radical (unpaired) electrons. The lowest BCUT2D eigenvalue weighted by Crippen LogP contribution is -2.30. The normalized spacial score (nSPS) is 13.5. The van der Waals surface area contributed by atoms with E-state index in [2.05, 4.69) is 247 Å². The minimum atomic E-state index is -0.116. The third-order valence-electron chi connectivity index (χ3n) is 12.9. The lowest BCUT2D eigenvalue weighted by molar-refractivity contribution is 0.483. The minimum Gasteiger partial charge on any atom is -0.457 e. The first kappa shape index (κ1) is 41.9. The number of anilines is 7. The molecule has 0 aliphatic carbocycles. The van der Waals surface area contributed by atoms with Gasteiger partial charge in [-0.2, -0.15) is 0 Å². The zero-order valence-electron chi connectivity index (χ0n) is 39.1. The molecule has 5 nitrogen and oxygen atoms in total. The highest BCUT2D eigenvalue weighted by molar-refractivity contribution is 6.02. The van der Waals surface area contributed by atoms with Gasteiger partial charge in [0.15, 0.2) is 0 Å². The molecule has 7 aromatic carbocycles. The molecule has 0 amide bonds. The van der Waals surface area contributed by atoms with Gasteiger partial charge in [-0.25, -0.2) is 4.98 Å². The van der Waals surface area contributed by atoms with Gasteiger partial charge in [0.25, 0.3) is 0 Å². The van der Waals surface area contributed by atoms with E-state index < -0.39 is 0 Å². The third kappa shape index (κ3) is 7.73. The fourth-order valence-corrected chi connectivity index (χ4v) is 9.56. The Morgan fingerprint density at radius 3 is 1.65 bits per heavy atom. The second-order valence-electron chi connectivity index (χ2n) is 20.6. The maximum Gasteiger partial charge on any atom is 0.137 e. The Morgan fingerprint density at radius 2 is 1.00 bits per heavy atom. The molecule has 0 bridgehead atoms. The van der Waals surface area contributed by atoms with Crippen LogP contribution in [0.4, 0.5) is 39.9 Å². The number of fused-ring (bicyclic) bond motifs is 6. The summed E-state index contributed by atoms with van der Waals surface area (Å²) in [6.45, 7) is 21.4. The number of benzene rings is 7. The average molecular weight is 851 g/mol. The summed E-state index contributed by atoms with van der Waals surface area (Å²) in [5.74, 6) is 2.39. The Kier molecular flexibility index (Phi) is 10.2. The predicted molar refractivity (Wildman–Crippen MR) is 273 cm³/mol. The van der Waals surface area contributed by atoms with E-state index >= 15 is 0 Å². The van der Waals surface area contributed by atoms with Gasteiger partial charge in [-0.15, -0.1) is 0 Å². The third-order valence-corrected chi connectivity index (χ3v) is 12.9. The van der Waals surface area contributed by atoms with E-state index in [1.165, 1.54) is 56.0 Å². The lowest BCUT2D eigenvalue weighted by atomic mass is 9.76. The molecule has 0 saturated carbocycles. The number of nitrogens with zero attached hydrogens (tertiary/aromatic N) is 4. The SMILES string of the molecule is CC(C)(C)c1ccnc(N2c3ccccc3-c3ccccc3-c3ccc(Oc4cccc(N5CN(c6c(C(C)(C)C)cc(-c7ccccc7)cc6C(C)(C)C)c6ccccc65)c4)cc32)c1. The van der Waals surface area contributed by atoms with Crippen molar-refractivity contribution < 1.29 is 4.74 Å². The Bertz CT molecular complexity index is 3040. The van der Waals surface area contributed by atoms with Gasteiger partial charge in [0.1, 0.15) is 24.0 Å². The van der Waals surface area contributed by atoms with Crippen LogP contribution in [0.15, 0.2) is 176 Å². The fourth-order valence-electron chi connectivity index (χ4n) is 9.56. The number of hydrogen-bond acceptors (Lipinski definition) is 5. The van der Waals surface area contributed by atoms with Gasteiger partial charge in [-0.05, 0) is 122 Å². The number of pyridine rings is 1. The molecule has 0 saturated heterocycles. The van der Waals surface area contributed by atoms with Crippen LogP contribution in [0.25, 0.3) is 33.4 Å². The Morgan fingerprint density at radius 1 is 0.431 bits per heavy atom. The van der Waals surface area contributed by atoms with Crippen LogP contribution in [0.5, 0.6) is 11.5 Å². The zero-order chi connectivity index (χ0) is 45.3. The van der Waals surface area contributed by atoms with E-state index in [1.807, 2.05) is 6.20 Å². The molecule has 10 rings (SSSR count). The number of ether oxygens (including phenoxy) is 1. The van der Waals surface area contributed by atoms with Crippen LogP contribution >= 0.6 is 0 Å². The van der Waals surface area contributed by atoms with Crippen LogP contribution in [0.2, 0.25) is 0 Å². The van der Waals surface area contributed by atoms with Crippen molar-refractivity contribution in [1.82, 2.24) is 4.98 Å². The summed E-state index contributed by atoms with van der Waals surface area (Å²) < 4.78 is 6.92. The molecule has 324 valence electrons. The summed E-state index contributed by atoms with van der Waals surface area (Å²) in [5.41, 5.74) is 17.5. The van der Waals surface area contributed by atoms with Crippen LogP contribution in [0.1, 0.15) is 79.0 Å². The van der Waals surface area contributed by atoms with Crippen LogP contribution in [0, 0.1) is 0 Å². The quantitative estimate of drug-likeness (QED) is 0.166. The minimum absolute atomic E-state index is 0.0472. The summed E-state index contributed by atoms with van der Waals surface area (Å²) in [6, 6.07) is 61.2. The zero-order valence-corrected chi connectivity index (χ0v) is 39.1. The van der Waals surface area contributed by atoms with Gasteiger partial charge >= 0.3 is 0 Å². The highest BCUT2D eigenvalue weighted by Crippen LogP contribution is 2.53. The standard InChI is InChI=1S/C60H58N4O/c1-58(2,3)42-32-33-61-56(36-42)64-52-27-16-15-26-48(52)46-24-13-14-25-47(46)49-31-30-45(38-55(49)64)65-44-23-19-22-43(37-44)62-39-63(54-29-18-17-28-53(54)62)57-50(59(4,5)6)34-41(35-51(57)60(7,8)9)40-20-11-10-12-21-40/h10-38H,39H2,1-9H3. The van der Waals surface area contributed by atoms with Crippen molar-refractivity contribution in [2.45, 2.75) is 78.6 Å². The number of para-hydroxylation sites is 3. The van der Waals surface area contributed by atoms with Gasteiger partial charge in [-0.1, -0.05) is 153 Å². The molecular weight excluding hydrogens is 793 g/mol. The number of hydrogen-bond donors (Lipinski definition) is 0. The molecule has 0 N–H and O–H groups in total. The first-order valence-electron chi connectivity index (χ1n) is 22.9. The molecular formula is C60H58N4O. The van der Waals surface area contributed by atoms with Crippen LogP contribution in [-0.2, 0) is 16.2 Å². The first-order valence-corrected chi connectivity index (χ1v) is 22.9. The predicted octanol–water partition coefficient (Wildman–Crippen LogP) is 16.8. The van der Waals surface area contributed by atoms with Gasteiger partial charge < -0.3 is 14.5 Å². The van der Waals surface area contributed by atoms with Crippen molar-refractivity contribution in [3.05, 3.63) is 193 Å². The highest BCUT2D eigenvalue weighted by atomic mass is 16.5. The fraction of sp³-hybridized carbons (Fsp3) is 0.217. The monoisotopic (exact) mass is 850 g/mol. The van der Waals surface area contributed by atoms with Gasteiger partial charge in [0.2, 0.25) is 0 Å². The molecule has 0 atom stereocenters. The van der Waals surface area contributed by atoms with Gasteiger partial charge in [0.05, 0.1) is 28.4 Å².